The maximum Gasteiger partial charge on any atom is 0.151 e. The third-order valence-electron chi connectivity index (χ3n) is 2.24. The number of rotatable bonds is 3. The van der Waals surface area contributed by atoms with Gasteiger partial charge in [0.05, 0.1) is 5.69 Å². The minimum atomic E-state index is 0.710. The molecule has 0 aliphatic heterocycles. The van der Waals surface area contributed by atoms with Gasteiger partial charge in [0.15, 0.2) is 5.75 Å². The Bertz CT molecular complexity index is 468. The summed E-state index contributed by atoms with van der Waals surface area (Å²) in [5.74, 6) is 1.51. The van der Waals surface area contributed by atoms with E-state index >= 15 is 0 Å². The van der Waals surface area contributed by atoms with Gasteiger partial charge in [0.1, 0.15) is 5.75 Å². The summed E-state index contributed by atoms with van der Waals surface area (Å²) in [5, 5.41) is 0. The van der Waals surface area contributed by atoms with Crippen LogP contribution in [0.1, 0.15) is 5.56 Å². The molecule has 82 valence electrons. The van der Waals surface area contributed by atoms with Crippen LogP contribution in [0.3, 0.4) is 0 Å². The van der Waals surface area contributed by atoms with Crippen molar-refractivity contribution >= 4 is 17.5 Å². The first-order valence-electron chi connectivity index (χ1n) is 5.00. The number of hydrogen-bond acceptors (Lipinski definition) is 2. The first-order valence-corrected chi connectivity index (χ1v) is 5.37. The number of nitrogens with one attached hydrogen (secondary N) is 1. The van der Waals surface area contributed by atoms with Gasteiger partial charge in [-0.1, -0.05) is 29.8 Å². The first-order chi connectivity index (χ1) is 7.79. The van der Waals surface area contributed by atoms with Crippen molar-refractivity contribution in [1.29, 1.82) is 0 Å². The highest BCUT2D eigenvalue weighted by molar-refractivity contribution is 6.24. The van der Waals surface area contributed by atoms with Crippen LogP contribution in [-0.4, -0.2) is 0 Å². The van der Waals surface area contributed by atoms with Crippen molar-refractivity contribution in [1.82, 2.24) is 0 Å². The van der Waals surface area contributed by atoms with Gasteiger partial charge >= 0.3 is 0 Å². The Hall–Kier alpha value is -1.67. The second-order valence-electron chi connectivity index (χ2n) is 3.51. The van der Waals surface area contributed by atoms with E-state index in [1.54, 1.807) is 0 Å². The molecule has 0 fully saturated rings. The molecule has 3 heteroatoms. The van der Waals surface area contributed by atoms with Gasteiger partial charge in [0.25, 0.3) is 0 Å². The minimum Gasteiger partial charge on any atom is -0.455 e. The molecule has 2 rings (SSSR count). The van der Waals surface area contributed by atoms with Crippen LogP contribution in [0.25, 0.3) is 0 Å². The fraction of sp³-hybridized carbons (Fsp3) is 0.0769. The van der Waals surface area contributed by atoms with Crippen LogP contribution in [0.5, 0.6) is 11.5 Å². The number of hydrogen-bond donors (Lipinski definition) is 1. The fourth-order valence-electron chi connectivity index (χ4n) is 1.37. The smallest absolute Gasteiger partial charge is 0.151 e. The van der Waals surface area contributed by atoms with E-state index in [9.17, 15) is 0 Å². The van der Waals surface area contributed by atoms with Crippen molar-refractivity contribution in [3.05, 3.63) is 54.1 Å². The number of halogens is 1. The monoisotopic (exact) mass is 233 g/mol. The van der Waals surface area contributed by atoms with E-state index in [1.807, 2.05) is 55.5 Å². The van der Waals surface area contributed by atoms with E-state index in [0.29, 0.717) is 5.75 Å². The van der Waals surface area contributed by atoms with Crippen LogP contribution >= 0.6 is 11.8 Å². The third kappa shape index (κ3) is 2.47. The van der Waals surface area contributed by atoms with Crippen molar-refractivity contribution < 1.29 is 4.74 Å². The molecular weight excluding hydrogens is 222 g/mol. The molecule has 0 saturated carbocycles. The van der Waals surface area contributed by atoms with Gasteiger partial charge in [-0.15, -0.1) is 0 Å². The zero-order valence-electron chi connectivity index (χ0n) is 8.91. The third-order valence-corrected chi connectivity index (χ3v) is 2.44. The molecule has 0 radical (unpaired) electrons. The Morgan fingerprint density at radius 1 is 1.00 bits per heavy atom. The maximum absolute atomic E-state index is 5.71. The summed E-state index contributed by atoms with van der Waals surface area (Å²) in [6.45, 7) is 2.04. The fourth-order valence-corrected chi connectivity index (χ4v) is 1.52. The van der Waals surface area contributed by atoms with E-state index in [1.165, 1.54) is 5.56 Å². The molecular formula is C13H12ClNO. The summed E-state index contributed by atoms with van der Waals surface area (Å²) in [7, 11) is 0. The average Bonchev–Trinajstić information content (AvgIpc) is 2.33. The Kier molecular flexibility index (Phi) is 3.32. The van der Waals surface area contributed by atoms with E-state index in [0.717, 1.165) is 11.4 Å². The van der Waals surface area contributed by atoms with E-state index in [-0.39, 0.29) is 0 Å². The van der Waals surface area contributed by atoms with Gasteiger partial charge < -0.3 is 4.74 Å². The number of benzene rings is 2. The Labute approximate surface area is 99.9 Å². The predicted octanol–water partition coefficient (Wildman–Crippen LogP) is 4.35. The predicted molar refractivity (Wildman–Crippen MR) is 67.2 cm³/mol. The van der Waals surface area contributed by atoms with Gasteiger partial charge in [-0.3, -0.25) is 4.84 Å². The van der Waals surface area contributed by atoms with Crippen LogP contribution < -0.4 is 9.57 Å². The molecule has 0 aromatic heterocycles. The molecule has 16 heavy (non-hydrogen) atoms. The molecule has 2 aromatic carbocycles. The molecule has 0 spiro atoms. The molecule has 2 nitrogen and oxygen atoms in total. The largest absolute Gasteiger partial charge is 0.455 e. The lowest BCUT2D eigenvalue weighted by molar-refractivity contribution is 0.485. The lowest BCUT2D eigenvalue weighted by atomic mass is 10.2. The topological polar surface area (TPSA) is 21.3 Å². The van der Waals surface area contributed by atoms with Crippen LogP contribution in [-0.2, 0) is 0 Å². The molecule has 0 aliphatic rings. The summed E-state index contributed by atoms with van der Waals surface area (Å²) in [4.78, 5) is 2.57. The molecule has 0 saturated heterocycles. The lowest BCUT2D eigenvalue weighted by Gasteiger charge is -2.09. The maximum atomic E-state index is 5.71. The Balaban J connectivity index is 2.23. The van der Waals surface area contributed by atoms with E-state index < -0.39 is 0 Å². The van der Waals surface area contributed by atoms with E-state index in [4.69, 9.17) is 16.5 Å². The van der Waals surface area contributed by atoms with Crippen molar-refractivity contribution in [2.45, 2.75) is 6.92 Å². The SMILES string of the molecule is Cc1ccc(Oc2ccccc2NCl)cc1. The standard InChI is InChI=1S/C13H12ClNO/c1-10-6-8-11(9-7-10)16-13-5-3-2-4-12(13)15-14/h2-9,15H,1H3. The molecule has 0 unspecified atom stereocenters. The van der Waals surface area contributed by atoms with Crippen LogP contribution in [0.4, 0.5) is 5.69 Å². The van der Waals surface area contributed by atoms with Crippen molar-refractivity contribution in [2.24, 2.45) is 0 Å². The first kappa shape index (κ1) is 10.8. The summed E-state index contributed by atoms with van der Waals surface area (Å²) >= 11 is 5.59. The molecule has 1 N–H and O–H groups in total. The molecule has 0 bridgehead atoms. The summed E-state index contributed by atoms with van der Waals surface area (Å²) in [5.41, 5.74) is 1.96. The summed E-state index contributed by atoms with van der Waals surface area (Å²) in [6.07, 6.45) is 0. The van der Waals surface area contributed by atoms with Gasteiger partial charge in [-0.05, 0) is 31.2 Å². The van der Waals surface area contributed by atoms with Crippen LogP contribution in [0.2, 0.25) is 0 Å². The van der Waals surface area contributed by atoms with Gasteiger partial charge in [-0.25, -0.2) is 0 Å². The summed E-state index contributed by atoms with van der Waals surface area (Å²) in [6, 6.07) is 15.4. The minimum absolute atomic E-state index is 0.710. The van der Waals surface area contributed by atoms with Gasteiger partial charge in [0.2, 0.25) is 0 Å². The van der Waals surface area contributed by atoms with Crippen molar-refractivity contribution in [2.75, 3.05) is 4.84 Å². The Morgan fingerprint density at radius 2 is 1.69 bits per heavy atom. The summed E-state index contributed by atoms with van der Waals surface area (Å²) < 4.78 is 5.71. The zero-order valence-corrected chi connectivity index (χ0v) is 9.66. The number of anilines is 1. The highest BCUT2D eigenvalue weighted by Gasteiger charge is 2.02. The quantitative estimate of drug-likeness (QED) is 0.796. The highest BCUT2D eigenvalue weighted by atomic mass is 35.5. The van der Waals surface area contributed by atoms with Crippen LogP contribution in [0.15, 0.2) is 48.5 Å². The van der Waals surface area contributed by atoms with E-state index in [2.05, 4.69) is 4.84 Å². The zero-order chi connectivity index (χ0) is 11.4. The molecule has 0 heterocycles. The van der Waals surface area contributed by atoms with Gasteiger partial charge in [-0.2, -0.15) is 0 Å². The second kappa shape index (κ2) is 4.90. The lowest BCUT2D eigenvalue weighted by Crippen LogP contribution is -1.89. The number of para-hydroxylation sites is 2. The molecule has 2 aromatic rings. The van der Waals surface area contributed by atoms with Crippen LogP contribution in [0, 0.1) is 6.92 Å². The molecule has 0 amide bonds. The second-order valence-corrected chi connectivity index (χ2v) is 3.69. The number of ether oxygens (including phenoxy) is 1. The molecule has 0 aliphatic carbocycles. The Morgan fingerprint density at radius 3 is 2.38 bits per heavy atom. The molecule has 0 atom stereocenters. The highest BCUT2D eigenvalue weighted by Crippen LogP contribution is 2.29. The van der Waals surface area contributed by atoms with Gasteiger partial charge in [0, 0.05) is 11.8 Å². The van der Waals surface area contributed by atoms with Crippen molar-refractivity contribution in [3.63, 3.8) is 0 Å². The average molecular weight is 234 g/mol. The van der Waals surface area contributed by atoms with Crippen molar-refractivity contribution in [3.8, 4) is 11.5 Å². The number of aryl methyl sites for hydroxylation is 1. The normalized spacial score (nSPS) is 9.88.